The van der Waals surface area contributed by atoms with Crippen molar-refractivity contribution in [3.05, 3.63) is 0 Å². The minimum absolute atomic E-state index is 0.134. The molecule has 76 valence electrons. The van der Waals surface area contributed by atoms with Gasteiger partial charge in [0.15, 0.2) is 0 Å². The largest absolute Gasteiger partial charge is 0.481 e. The maximum Gasteiger partial charge on any atom is 0.306 e. The minimum Gasteiger partial charge on any atom is -0.481 e. The van der Waals surface area contributed by atoms with Crippen LogP contribution in [0.4, 0.5) is 8.78 Å². The van der Waals surface area contributed by atoms with E-state index in [1.807, 2.05) is 0 Å². The number of carboxylic acid groups (broad SMARTS) is 1. The van der Waals surface area contributed by atoms with Gasteiger partial charge in [0.05, 0.1) is 5.92 Å². The van der Waals surface area contributed by atoms with Gasteiger partial charge in [-0.2, -0.15) is 0 Å². The summed E-state index contributed by atoms with van der Waals surface area (Å²) in [6.07, 6.45) is 1.08. The van der Waals surface area contributed by atoms with E-state index in [1.54, 1.807) is 0 Å². The van der Waals surface area contributed by atoms with E-state index in [1.165, 1.54) is 6.92 Å². The third-order valence-corrected chi connectivity index (χ3v) is 2.31. The van der Waals surface area contributed by atoms with E-state index < -0.39 is 24.2 Å². The van der Waals surface area contributed by atoms with Crippen molar-refractivity contribution in [2.75, 3.05) is 0 Å². The number of carboxylic acids is 1. The van der Waals surface area contributed by atoms with E-state index >= 15 is 0 Å². The Labute approximate surface area is 75.9 Å². The van der Waals surface area contributed by atoms with Crippen LogP contribution in [0.2, 0.25) is 0 Å². The quantitative estimate of drug-likeness (QED) is 0.726. The third-order valence-electron chi connectivity index (χ3n) is 2.31. The molecule has 13 heavy (non-hydrogen) atoms. The van der Waals surface area contributed by atoms with Crippen molar-refractivity contribution in [2.45, 2.75) is 38.5 Å². The van der Waals surface area contributed by atoms with Crippen LogP contribution in [-0.4, -0.2) is 17.0 Å². The molecule has 0 aromatic rings. The summed E-state index contributed by atoms with van der Waals surface area (Å²) in [5, 5.41) is 8.46. The number of rotatable bonds is 5. The van der Waals surface area contributed by atoms with Crippen LogP contribution >= 0.6 is 0 Å². The zero-order valence-electron chi connectivity index (χ0n) is 7.59. The molecule has 1 unspecified atom stereocenters. The summed E-state index contributed by atoms with van der Waals surface area (Å²) >= 11 is 0. The molecule has 1 rings (SSSR count). The van der Waals surface area contributed by atoms with E-state index in [-0.39, 0.29) is 12.3 Å². The normalized spacial score (nSPS) is 19.9. The van der Waals surface area contributed by atoms with Crippen LogP contribution in [0.5, 0.6) is 0 Å². The van der Waals surface area contributed by atoms with Crippen molar-refractivity contribution in [2.24, 2.45) is 11.8 Å². The Morgan fingerprint density at radius 2 is 2.15 bits per heavy atom. The van der Waals surface area contributed by atoms with Gasteiger partial charge in [-0.05, 0) is 18.8 Å². The second-order valence-electron chi connectivity index (χ2n) is 3.95. The predicted octanol–water partition coefficient (Wildman–Crippen LogP) is 2.53. The SMILES string of the molecule is CC(CC(F)(F)CC1CC1)C(=O)O. The smallest absolute Gasteiger partial charge is 0.306 e. The molecule has 0 aromatic carbocycles. The van der Waals surface area contributed by atoms with Crippen molar-refractivity contribution in [1.29, 1.82) is 0 Å². The molecule has 0 aliphatic heterocycles. The Morgan fingerprint density at radius 3 is 2.54 bits per heavy atom. The molecule has 1 aliphatic carbocycles. The molecule has 0 bridgehead atoms. The molecule has 4 heteroatoms. The lowest BCUT2D eigenvalue weighted by Gasteiger charge is -2.17. The molecule has 1 N–H and O–H groups in total. The molecular weight excluding hydrogens is 178 g/mol. The first-order valence-corrected chi connectivity index (χ1v) is 4.51. The van der Waals surface area contributed by atoms with Gasteiger partial charge in [-0.3, -0.25) is 4.79 Å². The topological polar surface area (TPSA) is 37.3 Å². The van der Waals surface area contributed by atoms with Gasteiger partial charge >= 0.3 is 5.97 Å². The first-order chi connectivity index (χ1) is 5.91. The van der Waals surface area contributed by atoms with E-state index in [0.717, 1.165) is 12.8 Å². The first-order valence-electron chi connectivity index (χ1n) is 4.51. The molecule has 0 aromatic heterocycles. The highest BCUT2D eigenvalue weighted by molar-refractivity contribution is 5.69. The molecule has 0 spiro atoms. The van der Waals surface area contributed by atoms with Gasteiger partial charge in [0, 0.05) is 12.8 Å². The maximum atomic E-state index is 13.1. The lowest BCUT2D eigenvalue weighted by molar-refractivity contribution is -0.145. The number of aliphatic carboxylic acids is 1. The highest BCUT2D eigenvalue weighted by Crippen LogP contribution is 2.41. The standard InChI is InChI=1S/C9H14F2O2/c1-6(8(12)13)4-9(10,11)5-7-2-3-7/h6-7H,2-5H2,1H3,(H,12,13). The van der Waals surface area contributed by atoms with Crippen LogP contribution in [0.25, 0.3) is 0 Å². The lowest BCUT2D eigenvalue weighted by atomic mass is 9.99. The lowest BCUT2D eigenvalue weighted by Crippen LogP contribution is -2.24. The van der Waals surface area contributed by atoms with Crippen LogP contribution in [0.1, 0.15) is 32.6 Å². The van der Waals surface area contributed by atoms with Crippen molar-refractivity contribution in [1.82, 2.24) is 0 Å². The molecule has 1 atom stereocenters. The molecule has 1 fully saturated rings. The predicted molar refractivity (Wildman–Crippen MR) is 43.7 cm³/mol. The number of hydrogen-bond acceptors (Lipinski definition) is 1. The van der Waals surface area contributed by atoms with E-state index in [0.29, 0.717) is 0 Å². The summed E-state index contributed by atoms with van der Waals surface area (Å²) in [5.74, 6) is -4.75. The van der Waals surface area contributed by atoms with E-state index in [9.17, 15) is 13.6 Å². The highest BCUT2D eigenvalue weighted by atomic mass is 19.3. The van der Waals surface area contributed by atoms with Crippen molar-refractivity contribution in [3.63, 3.8) is 0 Å². The van der Waals surface area contributed by atoms with Gasteiger partial charge in [0.2, 0.25) is 5.92 Å². The number of halogens is 2. The fraction of sp³-hybridized carbons (Fsp3) is 0.889. The fourth-order valence-corrected chi connectivity index (χ4v) is 1.36. The average Bonchev–Trinajstić information content (AvgIpc) is 2.69. The fourth-order valence-electron chi connectivity index (χ4n) is 1.36. The molecule has 0 amide bonds. The second kappa shape index (κ2) is 3.60. The Bertz CT molecular complexity index is 200. The molecular formula is C9H14F2O2. The van der Waals surface area contributed by atoms with Crippen molar-refractivity contribution in [3.8, 4) is 0 Å². The molecule has 0 radical (unpaired) electrons. The zero-order valence-corrected chi connectivity index (χ0v) is 7.59. The maximum absolute atomic E-state index is 13.1. The summed E-state index contributed by atoms with van der Waals surface area (Å²) in [5.41, 5.74) is 0. The summed E-state index contributed by atoms with van der Waals surface area (Å²) in [6.45, 7) is 1.32. The Hall–Kier alpha value is -0.670. The molecule has 1 aliphatic rings. The van der Waals surface area contributed by atoms with Gasteiger partial charge in [0.25, 0.3) is 0 Å². The van der Waals surface area contributed by atoms with Crippen LogP contribution in [0, 0.1) is 11.8 Å². The van der Waals surface area contributed by atoms with Crippen LogP contribution in [0.3, 0.4) is 0 Å². The number of hydrogen-bond donors (Lipinski definition) is 1. The molecule has 0 saturated heterocycles. The van der Waals surface area contributed by atoms with Crippen molar-refractivity contribution < 1.29 is 18.7 Å². The first kappa shape index (κ1) is 10.4. The molecule has 0 heterocycles. The van der Waals surface area contributed by atoms with Crippen LogP contribution in [-0.2, 0) is 4.79 Å². The molecule has 1 saturated carbocycles. The number of carbonyl (C=O) groups is 1. The zero-order chi connectivity index (χ0) is 10.1. The van der Waals surface area contributed by atoms with Gasteiger partial charge in [-0.1, -0.05) is 6.92 Å². The third kappa shape index (κ3) is 3.70. The summed E-state index contributed by atoms with van der Waals surface area (Å²) in [4.78, 5) is 10.3. The second-order valence-corrected chi connectivity index (χ2v) is 3.95. The van der Waals surface area contributed by atoms with E-state index in [2.05, 4.69) is 0 Å². The van der Waals surface area contributed by atoms with Gasteiger partial charge < -0.3 is 5.11 Å². The van der Waals surface area contributed by atoms with Crippen LogP contribution < -0.4 is 0 Å². The van der Waals surface area contributed by atoms with Gasteiger partial charge in [-0.15, -0.1) is 0 Å². The summed E-state index contributed by atoms with van der Waals surface area (Å²) < 4.78 is 26.1. The molecule has 2 nitrogen and oxygen atoms in total. The summed E-state index contributed by atoms with van der Waals surface area (Å²) in [7, 11) is 0. The monoisotopic (exact) mass is 192 g/mol. The number of alkyl halides is 2. The van der Waals surface area contributed by atoms with Gasteiger partial charge in [0.1, 0.15) is 0 Å². The summed E-state index contributed by atoms with van der Waals surface area (Å²) in [6, 6.07) is 0. The Balaban J connectivity index is 2.34. The average molecular weight is 192 g/mol. The Morgan fingerprint density at radius 1 is 1.62 bits per heavy atom. The van der Waals surface area contributed by atoms with Crippen LogP contribution in [0.15, 0.2) is 0 Å². The van der Waals surface area contributed by atoms with Gasteiger partial charge in [-0.25, -0.2) is 8.78 Å². The van der Waals surface area contributed by atoms with E-state index in [4.69, 9.17) is 5.11 Å². The minimum atomic E-state index is -2.79. The Kier molecular flexibility index (Phi) is 2.88. The van der Waals surface area contributed by atoms with Crippen molar-refractivity contribution >= 4 is 5.97 Å². The highest BCUT2D eigenvalue weighted by Gasteiger charge is 2.39.